The second-order valence-electron chi connectivity index (χ2n) is 5.10. The van der Waals surface area contributed by atoms with E-state index in [1.54, 1.807) is 0 Å². The summed E-state index contributed by atoms with van der Waals surface area (Å²) in [5, 5.41) is 10.4. The molecule has 5 nitrogen and oxygen atoms in total. The number of ether oxygens (including phenoxy) is 2. The van der Waals surface area contributed by atoms with Crippen LogP contribution in [0.1, 0.15) is 5.56 Å². The molecule has 0 unspecified atom stereocenters. The molecule has 3 rings (SSSR count). The standard InChI is InChI=1S/C17H16N2O3S/c18-17(23)19(20)10-12-8-13-9-15(6-7-16(13)21-11-12)22-14-4-2-1-3-5-14/h1-9,20H,10-11H2,(H2,18,23). The van der Waals surface area contributed by atoms with E-state index in [1.165, 1.54) is 0 Å². The summed E-state index contributed by atoms with van der Waals surface area (Å²) in [4.78, 5) is 0. The fraction of sp³-hybridized carbons (Fsp3) is 0.118. The van der Waals surface area contributed by atoms with E-state index in [2.05, 4.69) is 0 Å². The Bertz CT molecular complexity index is 747. The van der Waals surface area contributed by atoms with Gasteiger partial charge in [-0.1, -0.05) is 18.2 Å². The highest BCUT2D eigenvalue weighted by atomic mass is 32.1. The van der Waals surface area contributed by atoms with Crippen LogP contribution in [0.25, 0.3) is 6.08 Å². The van der Waals surface area contributed by atoms with Gasteiger partial charge in [0, 0.05) is 5.56 Å². The molecule has 0 saturated heterocycles. The molecule has 1 aliphatic heterocycles. The highest BCUT2D eigenvalue weighted by Gasteiger charge is 2.15. The van der Waals surface area contributed by atoms with E-state index in [0.717, 1.165) is 27.7 Å². The summed E-state index contributed by atoms with van der Waals surface area (Å²) in [7, 11) is 0. The first-order chi connectivity index (χ1) is 11.1. The first kappa shape index (κ1) is 15.3. The van der Waals surface area contributed by atoms with Crippen molar-refractivity contribution in [2.75, 3.05) is 13.2 Å². The summed E-state index contributed by atoms with van der Waals surface area (Å²) < 4.78 is 11.5. The lowest BCUT2D eigenvalue weighted by Gasteiger charge is -2.22. The van der Waals surface area contributed by atoms with Gasteiger partial charge in [0.15, 0.2) is 5.11 Å². The van der Waals surface area contributed by atoms with E-state index in [1.807, 2.05) is 54.6 Å². The maximum atomic E-state index is 9.62. The Labute approximate surface area is 139 Å². The van der Waals surface area contributed by atoms with Crippen molar-refractivity contribution in [3.05, 3.63) is 59.7 Å². The minimum absolute atomic E-state index is 0.0714. The number of hydrogen-bond donors (Lipinski definition) is 2. The molecule has 0 amide bonds. The molecular weight excluding hydrogens is 312 g/mol. The minimum Gasteiger partial charge on any atom is -0.489 e. The maximum absolute atomic E-state index is 9.62. The normalized spacial score (nSPS) is 12.7. The van der Waals surface area contributed by atoms with Crippen LogP contribution in [0.2, 0.25) is 0 Å². The van der Waals surface area contributed by atoms with Crippen LogP contribution in [-0.4, -0.2) is 28.5 Å². The molecule has 0 spiro atoms. The quantitative estimate of drug-likeness (QED) is 0.664. The summed E-state index contributed by atoms with van der Waals surface area (Å²) in [6, 6.07) is 15.2. The van der Waals surface area contributed by atoms with Crippen molar-refractivity contribution >= 4 is 23.4 Å². The fourth-order valence-corrected chi connectivity index (χ4v) is 2.32. The molecule has 0 saturated carbocycles. The average molecular weight is 328 g/mol. The topological polar surface area (TPSA) is 68.0 Å². The Hall–Kier alpha value is -2.57. The molecular formula is C17H16N2O3S. The summed E-state index contributed by atoms with van der Waals surface area (Å²) >= 11 is 4.72. The van der Waals surface area contributed by atoms with Crippen LogP contribution in [0.4, 0.5) is 0 Å². The van der Waals surface area contributed by atoms with E-state index in [-0.39, 0.29) is 11.7 Å². The zero-order valence-corrected chi connectivity index (χ0v) is 13.1. The smallest absolute Gasteiger partial charge is 0.190 e. The predicted octanol–water partition coefficient (Wildman–Crippen LogP) is 3.19. The third kappa shape index (κ3) is 3.80. The Morgan fingerprint density at radius 2 is 2.00 bits per heavy atom. The molecule has 23 heavy (non-hydrogen) atoms. The molecule has 1 aliphatic rings. The summed E-state index contributed by atoms with van der Waals surface area (Å²) in [6.45, 7) is 0.587. The Kier molecular flexibility index (Phi) is 4.45. The minimum atomic E-state index is -0.0714. The van der Waals surface area contributed by atoms with Gasteiger partial charge >= 0.3 is 0 Å². The van der Waals surface area contributed by atoms with Crippen molar-refractivity contribution in [2.24, 2.45) is 5.73 Å². The second-order valence-corrected chi connectivity index (χ2v) is 5.52. The van der Waals surface area contributed by atoms with Crippen LogP contribution in [0, 0.1) is 0 Å². The Morgan fingerprint density at radius 1 is 1.22 bits per heavy atom. The number of nitrogens with zero attached hydrogens (tertiary/aromatic N) is 1. The number of nitrogens with two attached hydrogens (primary N) is 1. The van der Waals surface area contributed by atoms with E-state index >= 15 is 0 Å². The van der Waals surface area contributed by atoms with E-state index < -0.39 is 0 Å². The zero-order valence-electron chi connectivity index (χ0n) is 12.3. The van der Waals surface area contributed by atoms with Crippen LogP contribution < -0.4 is 15.2 Å². The molecule has 6 heteroatoms. The van der Waals surface area contributed by atoms with Gasteiger partial charge in [0.1, 0.15) is 23.9 Å². The monoisotopic (exact) mass is 328 g/mol. The Morgan fingerprint density at radius 3 is 2.74 bits per heavy atom. The van der Waals surface area contributed by atoms with E-state index in [4.69, 9.17) is 27.4 Å². The molecule has 1 heterocycles. The molecule has 0 atom stereocenters. The van der Waals surface area contributed by atoms with Gasteiger partial charge in [-0.2, -0.15) is 0 Å². The van der Waals surface area contributed by atoms with Crippen molar-refractivity contribution in [1.82, 2.24) is 5.06 Å². The van der Waals surface area contributed by atoms with Gasteiger partial charge in [0.2, 0.25) is 0 Å². The molecule has 2 aromatic rings. The molecule has 0 fully saturated rings. The lowest BCUT2D eigenvalue weighted by molar-refractivity contribution is -0.00510. The van der Waals surface area contributed by atoms with Gasteiger partial charge in [-0.15, -0.1) is 0 Å². The number of hydroxylamine groups is 2. The fourth-order valence-electron chi connectivity index (χ4n) is 2.25. The largest absolute Gasteiger partial charge is 0.489 e. The van der Waals surface area contributed by atoms with Gasteiger partial charge in [-0.05, 0) is 54.2 Å². The molecule has 0 radical (unpaired) electrons. The van der Waals surface area contributed by atoms with Crippen molar-refractivity contribution in [2.45, 2.75) is 0 Å². The first-order valence-corrected chi connectivity index (χ1v) is 7.48. The molecule has 0 aromatic heterocycles. The van der Waals surface area contributed by atoms with Crippen molar-refractivity contribution in [1.29, 1.82) is 0 Å². The molecule has 0 bridgehead atoms. The zero-order chi connectivity index (χ0) is 16.2. The number of hydrogen-bond acceptors (Lipinski definition) is 4. The van der Waals surface area contributed by atoms with Gasteiger partial charge < -0.3 is 15.2 Å². The van der Waals surface area contributed by atoms with Gasteiger partial charge in [0.05, 0.1) is 6.54 Å². The average Bonchev–Trinajstić information content (AvgIpc) is 2.55. The van der Waals surface area contributed by atoms with Crippen molar-refractivity contribution < 1.29 is 14.7 Å². The predicted molar refractivity (Wildman–Crippen MR) is 91.7 cm³/mol. The first-order valence-electron chi connectivity index (χ1n) is 7.07. The lowest BCUT2D eigenvalue weighted by Crippen LogP contribution is -2.35. The summed E-state index contributed by atoms with van der Waals surface area (Å²) in [6.07, 6.45) is 1.94. The van der Waals surface area contributed by atoms with Crippen LogP contribution >= 0.6 is 12.2 Å². The number of benzene rings is 2. The molecule has 2 aromatic carbocycles. The van der Waals surface area contributed by atoms with Crippen LogP contribution in [0.15, 0.2) is 54.1 Å². The van der Waals surface area contributed by atoms with E-state index in [9.17, 15) is 5.21 Å². The van der Waals surface area contributed by atoms with Crippen LogP contribution in [-0.2, 0) is 0 Å². The molecule has 3 N–H and O–H groups in total. The number of para-hydroxylation sites is 1. The van der Waals surface area contributed by atoms with Gasteiger partial charge in [-0.3, -0.25) is 5.21 Å². The summed E-state index contributed by atoms with van der Waals surface area (Å²) in [5.74, 6) is 2.25. The van der Waals surface area contributed by atoms with Crippen molar-refractivity contribution in [3.63, 3.8) is 0 Å². The SMILES string of the molecule is NC(=S)N(O)CC1=Cc2cc(Oc3ccccc3)ccc2OC1. The van der Waals surface area contributed by atoms with Gasteiger partial charge in [-0.25, -0.2) is 5.06 Å². The van der Waals surface area contributed by atoms with Gasteiger partial charge in [0.25, 0.3) is 0 Å². The highest BCUT2D eigenvalue weighted by molar-refractivity contribution is 7.80. The Balaban J connectivity index is 1.79. The van der Waals surface area contributed by atoms with E-state index in [0.29, 0.717) is 12.4 Å². The third-order valence-corrected chi connectivity index (χ3v) is 3.55. The van der Waals surface area contributed by atoms with Crippen LogP contribution in [0.3, 0.4) is 0 Å². The highest BCUT2D eigenvalue weighted by Crippen LogP contribution is 2.32. The maximum Gasteiger partial charge on any atom is 0.190 e. The van der Waals surface area contributed by atoms with Crippen molar-refractivity contribution in [3.8, 4) is 17.2 Å². The molecule has 118 valence electrons. The number of fused-ring (bicyclic) bond motifs is 1. The van der Waals surface area contributed by atoms with Crippen LogP contribution in [0.5, 0.6) is 17.2 Å². The lowest BCUT2D eigenvalue weighted by atomic mass is 10.1. The number of thiocarbonyl (C=S) groups is 1. The second kappa shape index (κ2) is 6.68. The third-order valence-electron chi connectivity index (χ3n) is 3.34. The summed E-state index contributed by atoms with van der Waals surface area (Å²) in [5.41, 5.74) is 7.13. The number of rotatable bonds is 4. The molecule has 0 aliphatic carbocycles.